The summed E-state index contributed by atoms with van der Waals surface area (Å²) in [5.74, 6) is 0.962. The smallest absolute Gasteiger partial charge is 0.147 e. The molecule has 1 heterocycles. The second-order valence-corrected chi connectivity index (χ2v) is 2.30. The summed E-state index contributed by atoms with van der Waals surface area (Å²) >= 11 is 0. The minimum Gasteiger partial charge on any atom is -0.369 e. The fraction of sp³-hybridized carbons (Fsp3) is 0.667. The molecule has 3 heteroatoms. The molecule has 0 atom stereocenters. The van der Waals surface area contributed by atoms with Crippen molar-refractivity contribution in [2.24, 2.45) is 7.05 Å². The van der Waals surface area contributed by atoms with Crippen LogP contribution in [0.1, 0.15) is 27.2 Å². The van der Waals surface area contributed by atoms with Crippen LogP contribution in [0.15, 0.2) is 12.3 Å². The first-order valence-corrected chi connectivity index (χ1v) is 4.56. The van der Waals surface area contributed by atoms with Crippen LogP contribution in [0, 0.1) is 0 Å². The van der Waals surface area contributed by atoms with Gasteiger partial charge in [-0.3, -0.25) is 4.68 Å². The maximum Gasteiger partial charge on any atom is 0.147 e. The number of anilines is 1. The molecule has 0 saturated heterocycles. The van der Waals surface area contributed by atoms with E-state index in [1.54, 1.807) is 4.68 Å². The number of aromatic nitrogens is 2. The molecule has 12 heavy (non-hydrogen) atoms. The fourth-order valence-electron chi connectivity index (χ4n) is 0.762. The van der Waals surface area contributed by atoms with Crippen molar-refractivity contribution < 1.29 is 0 Å². The summed E-state index contributed by atoms with van der Waals surface area (Å²) in [6.07, 6.45) is 3.06. The van der Waals surface area contributed by atoms with Crippen LogP contribution in [0.25, 0.3) is 0 Å². The number of hydrogen-bond donors (Lipinski definition) is 1. The van der Waals surface area contributed by atoms with Crippen molar-refractivity contribution in [2.45, 2.75) is 27.2 Å². The molecule has 0 spiro atoms. The molecule has 0 radical (unpaired) electrons. The van der Waals surface area contributed by atoms with E-state index >= 15 is 0 Å². The van der Waals surface area contributed by atoms with Crippen molar-refractivity contribution in [1.82, 2.24) is 9.78 Å². The molecule has 0 amide bonds. The average Bonchev–Trinajstić information content (AvgIpc) is 2.51. The van der Waals surface area contributed by atoms with E-state index in [1.807, 2.05) is 33.2 Å². The molecule has 0 bridgehead atoms. The molecule has 1 rings (SSSR count). The fourth-order valence-corrected chi connectivity index (χ4v) is 0.762. The lowest BCUT2D eigenvalue weighted by Crippen LogP contribution is -2.00. The van der Waals surface area contributed by atoms with E-state index in [4.69, 9.17) is 0 Å². The highest BCUT2D eigenvalue weighted by Gasteiger charge is 1.91. The molecular weight excluding hydrogens is 150 g/mol. The Morgan fingerprint density at radius 2 is 2.17 bits per heavy atom. The van der Waals surface area contributed by atoms with E-state index in [0.717, 1.165) is 18.8 Å². The number of aryl methyl sites for hydroxylation is 1. The van der Waals surface area contributed by atoms with Crippen molar-refractivity contribution in [3.63, 3.8) is 0 Å². The van der Waals surface area contributed by atoms with Gasteiger partial charge in [0.1, 0.15) is 5.82 Å². The van der Waals surface area contributed by atoms with Crippen LogP contribution in [0.5, 0.6) is 0 Å². The predicted octanol–water partition coefficient (Wildman–Crippen LogP) is 2.27. The number of hydrogen-bond acceptors (Lipinski definition) is 2. The molecule has 0 aliphatic carbocycles. The lowest BCUT2D eigenvalue weighted by atomic mass is 10.5. The molecule has 3 nitrogen and oxygen atoms in total. The Morgan fingerprint density at radius 1 is 1.50 bits per heavy atom. The van der Waals surface area contributed by atoms with Crippen molar-refractivity contribution >= 4 is 5.82 Å². The van der Waals surface area contributed by atoms with Crippen LogP contribution in [-0.2, 0) is 7.05 Å². The van der Waals surface area contributed by atoms with E-state index in [2.05, 4.69) is 17.3 Å². The Hall–Kier alpha value is -0.990. The normalized spacial score (nSPS) is 8.67. The van der Waals surface area contributed by atoms with Crippen molar-refractivity contribution in [3.05, 3.63) is 12.3 Å². The quantitative estimate of drug-likeness (QED) is 0.752. The molecular formula is C9H19N3. The highest BCUT2D eigenvalue weighted by molar-refractivity contribution is 5.31. The van der Waals surface area contributed by atoms with E-state index in [1.165, 1.54) is 0 Å². The van der Waals surface area contributed by atoms with Gasteiger partial charge in [0, 0.05) is 25.9 Å². The minimum absolute atomic E-state index is 0.962. The van der Waals surface area contributed by atoms with Gasteiger partial charge in [-0.15, -0.1) is 0 Å². The second-order valence-electron chi connectivity index (χ2n) is 2.30. The molecule has 1 aromatic heterocycles. The third-order valence-electron chi connectivity index (χ3n) is 1.27. The summed E-state index contributed by atoms with van der Waals surface area (Å²) in [7, 11) is 1.91. The number of rotatable bonds is 3. The SMILES string of the molecule is CC.CCCNc1ccn(C)n1. The molecule has 0 aromatic carbocycles. The predicted molar refractivity (Wildman–Crippen MR) is 53.3 cm³/mol. The topological polar surface area (TPSA) is 29.9 Å². The standard InChI is InChI=1S/C7H13N3.C2H6/c1-3-5-8-7-4-6-10(2)9-7;1-2/h4,6H,3,5H2,1-2H3,(H,8,9);1-2H3. The average molecular weight is 169 g/mol. The highest BCUT2D eigenvalue weighted by atomic mass is 15.3. The molecule has 1 aromatic rings. The van der Waals surface area contributed by atoms with Gasteiger partial charge in [-0.1, -0.05) is 20.8 Å². The van der Waals surface area contributed by atoms with Crippen LogP contribution in [0.2, 0.25) is 0 Å². The first-order chi connectivity index (χ1) is 5.83. The Balaban J connectivity index is 0.000000561. The summed E-state index contributed by atoms with van der Waals surface area (Å²) in [5, 5.41) is 7.34. The number of nitrogens with zero attached hydrogens (tertiary/aromatic N) is 2. The van der Waals surface area contributed by atoms with Crippen LogP contribution in [0.4, 0.5) is 5.82 Å². The van der Waals surface area contributed by atoms with Gasteiger partial charge in [0.25, 0.3) is 0 Å². The zero-order valence-corrected chi connectivity index (χ0v) is 8.46. The van der Waals surface area contributed by atoms with E-state index < -0.39 is 0 Å². The Bertz CT molecular complexity index is 193. The summed E-state index contributed by atoms with van der Waals surface area (Å²) < 4.78 is 1.79. The summed E-state index contributed by atoms with van der Waals surface area (Å²) in [4.78, 5) is 0. The Kier molecular flexibility index (Phi) is 6.15. The van der Waals surface area contributed by atoms with Gasteiger partial charge >= 0.3 is 0 Å². The first-order valence-electron chi connectivity index (χ1n) is 4.56. The molecule has 70 valence electrons. The molecule has 0 saturated carbocycles. The lowest BCUT2D eigenvalue weighted by molar-refractivity contribution is 0.767. The maximum atomic E-state index is 4.15. The van der Waals surface area contributed by atoms with Gasteiger partial charge in [0.15, 0.2) is 0 Å². The Labute approximate surface area is 74.8 Å². The van der Waals surface area contributed by atoms with Crippen molar-refractivity contribution in [2.75, 3.05) is 11.9 Å². The molecule has 0 fully saturated rings. The molecule has 1 N–H and O–H groups in total. The highest BCUT2D eigenvalue weighted by Crippen LogP contribution is 1.99. The lowest BCUT2D eigenvalue weighted by Gasteiger charge is -1.96. The van der Waals surface area contributed by atoms with Crippen LogP contribution < -0.4 is 5.32 Å². The van der Waals surface area contributed by atoms with Crippen LogP contribution in [0.3, 0.4) is 0 Å². The Morgan fingerprint density at radius 3 is 2.58 bits per heavy atom. The van der Waals surface area contributed by atoms with Crippen molar-refractivity contribution in [3.8, 4) is 0 Å². The molecule has 0 aliphatic heterocycles. The molecule has 0 aliphatic rings. The largest absolute Gasteiger partial charge is 0.369 e. The van der Waals surface area contributed by atoms with E-state index in [0.29, 0.717) is 0 Å². The summed E-state index contributed by atoms with van der Waals surface area (Å²) in [5.41, 5.74) is 0. The third-order valence-corrected chi connectivity index (χ3v) is 1.27. The summed E-state index contributed by atoms with van der Waals surface area (Å²) in [6.45, 7) is 7.13. The van der Waals surface area contributed by atoms with Gasteiger partial charge in [0.2, 0.25) is 0 Å². The summed E-state index contributed by atoms with van der Waals surface area (Å²) in [6, 6.07) is 1.97. The second kappa shape index (κ2) is 6.70. The zero-order chi connectivity index (χ0) is 9.40. The zero-order valence-electron chi connectivity index (χ0n) is 8.46. The van der Waals surface area contributed by atoms with Gasteiger partial charge in [-0.25, -0.2) is 0 Å². The van der Waals surface area contributed by atoms with Gasteiger partial charge in [-0.05, 0) is 6.42 Å². The number of nitrogens with one attached hydrogen (secondary N) is 1. The van der Waals surface area contributed by atoms with E-state index in [9.17, 15) is 0 Å². The van der Waals surface area contributed by atoms with Gasteiger partial charge in [-0.2, -0.15) is 5.10 Å². The first kappa shape index (κ1) is 11.0. The monoisotopic (exact) mass is 169 g/mol. The van der Waals surface area contributed by atoms with Gasteiger partial charge in [0.05, 0.1) is 0 Å². The van der Waals surface area contributed by atoms with Crippen LogP contribution in [-0.4, -0.2) is 16.3 Å². The minimum atomic E-state index is 0.962. The third kappa shape index (κ3) is 4.01. The molecule has 0 unspecified atom stereocenters. The van der Waals surface area contributed by atoms with Crippen LogP contribution >= 0.6 is 0 Å². The van der Waals surface area contributed by atoms with E-state index in [-0.39, 0.29) is 0 Å². The van der Waals surface area contributed by atoms with Gasteiger partial charge < -0.3 is 5.32 Å². The maximum absolute atomic E-state index is 4.15. The van der Waals surface area contributed by atoms with Crippen molar-refractivity contribution in [1.29, 1.82) is 0 Å².